The van der Waals surface area contributed by atoms with E-state index in [1.54, 1.807) is 0 Å². The number of aryl methyl sites for hydroxylation is 1. The second-order valence-electron chi connectivity index (χ2n) is 6.69. The second kappa shape index (κ2) is 4.16. The molecule has 110 valence electrons. The van der Waals surface area contributed by atoms with Gasteiger partial charge < -0.3 is 9.88 Å². The van der Waals surface area contributed by atoms with Crippen LogP contribution in [0.15, 0.2) is 12.4 Å². The lowest BCUT2D eigenvalue weighted by atomic mass is 10.1. The fourth-order valence-corrected chi connectivity index (χ4v) is 4.49. The molecular weight excluding hydrogens is 264 g/mol. The summed E-state index contributed by atoms with van der Waals surface area (Å²) in [6, 6.07) is 0.132. The normalized spacial score (nSPS) is 33.8. The fraction of sp³-hybridized carbons (Fsp3) is 0.667. The van der Waals surface area contributed by atoms with E-state index in [0.717, 1.165) is 30.7 Å². The maximum atomic E-state index is 4.57. The summed E-state index contributed by atoms with van der Waals surface area (Å²) >= 11 is 0. The number of fused-ring (bicyclic) bond motifs is 2. The van der Waals surface area contributed by atoms with E-state index < -0.39 is 0 Å². The zero-order valence-electron chi connectivity index (χ0n) is 12.2. The standard InChI is InChI=1S/C15H20N6/c1-20-8-9(7-17-20)13-15-19-18-14(21(15)6-5-16-13)12-10-3-2-4-11(10)12/h7-8,10-13,16H,2-6H2,1H3. The number of rotatable bonds is 2. The SMILES string of the molecule is Cn1cc(C2NCCn3c2nnc3C2C3CCCC32)cn1. The van der Waals surface area contributed by atoms with Crippen LogP contribution in [0.5, 0.6) is 0 Å². The van der Waals surface area contributed by atoms with Crippen molar-refractivity contribution < 1.29 is 0 Å². The molecule has 0 radical (unpaired) electrons. The molecule has 3 unspecified atom stereocenters. The maximum Gasteiger partial charge on any atom is 0.154 e. The highest BCUT2D eigenvalue weighted by atomic mass is 15.3. The largest absolute Gasteiger partial charge is 0.312 e. The first kappa shape index (κ1) is 11.9. The number of nitrogens with zero attached hydrogens (tertiary/aromatic N) is 5. The summed E-state index contributed by atoms with van der Waals surface area (Å²) in [5.74, 6) is 4.78. The van der Waals surface area contributed by atoms with Gasteiger partial charge in [-0.1, -0.05) is 6.42 Å². The molecule has 21 heavy (non-hydrogen) atoms. The minimum atomic E-state index is 0.132. The van der Waals surface area contributed by atoms with Gasteiger partial charge in [-0.15, -0.1) is 10.2 Å². The predicted octanol–water partition coefficient (Wildman–Crippen LogP) is 1.22. The Morgan fingerprint density at radius 1 is 1.19 bits per heavy atom. The molecule has 3 atom stereocenters. The molecular formula is C15H20N6. The summed E-state index contributed by atoms with van der Waals surface area (Å²) in [6.07, 6.45) is 8.18. The van der Waals surface area contributed by atoms with E-state index in [2.05, 4.69) is 31.4 Å². The molecule has 2 saturated carbocycles. The Hall–Kier alpha value is -1.69. The van der Waals surface area contributed by atoms with Gasteiger partial charge in [0, 0.05) is 37.8 Å². The molecule has 1 N–H and O–H groups in total. The van der Waals surface area contributed by atoms with Gasteiger partial charge >= 0.3 is 0 Å². The highest BCUT2D eigenvalue weighted by Crippen LogP contribution is 2.62. The van der Waals surface area contributed by atoms with Gasteiger partial charge in [-0.05, 0) is 24.7 Å². The van der Waals surface area contributed by atoms with E-state index in [1.807, 2.05) is 17.9 Å². The molecule has 2 fully saturated rings. The van der Waals surface area contributed by atoms with Crippen LogP contribution in [0.25, 0.3) is 0 Å². The molecule has 2 aliphatic carbocycles. The van der Waals surface area contributed by atoms with Crippen LogP contribution in [0.1, 0.15) is 48.4 Å². The quantitative estimate of drug-likeness (QED) is 0.900. The predicted molar refractivity (Wildman–Crippen MR) is 76.6 cm³/mol. The van der Waals surface area contributed by atoms with E-state index in [-0.39, 0.29) is 6.04 Å². The lowest BCUT2D eigenvalue weighted by Crippen LogP contribution is -2.34. The molecule has 3 heterocycles. The zero-order valence-corrected chi connectivity index (χ0v) is 12.2. The molecule has 0 spiro atoms. The van der Waals surface area contributed by atoms with E-state index in [1.165, 1.54) is 30.7 Å². The molecule has 0 bridgehead atoms. The summed E-state index contributed by atoms with van der Waals surface area (Å²) in [7, 11) is 1.95. The van der Waals surface area contributed by atoms with E-state index in [9.17, 15) is 0 Å². The summed E-state index contributed by atoms with van der Waals surface area (Å²) in [4.78, 5) is 0. The van der Waals surface area contributed by atoms with Gasteiger partial charge in [0.25, 0.3) is 0 Å². The molecule has 0 amide bonds. The summed E-state index contributed by atoms with van der Waals surface area (Å²) < 4.78 is 4.22. The molecule has 0 aromatic carbocycles. The Balaban J connectivity index is 1.51. The lowest BCUT2D eigenvalue weighted by molar-refractivity contribution is 0.443. The van der Waals surface area contributed by atoms with Crippen LogP contribution in [-0.2, 0) is 13.6 Å². The fourth-order valence-electron chi connectivity index (χ4n) is 4.49. The third kappa shape index (κ3) is 1.65. The van der Waals surface area contributed by atoms with E-state index in [4.69, 9.17) is 0 Å². The van der Waals surface area contributed by atoms with Crippen LogP contribution in [0.3, 0.4) is 0 Å². The van der Waals surface area contributed by atoms with Crippen LogP contribution >= 0.6 is 0 Å². The van der Waals surface area contributed by atoms with Gasteiger partial charge in [0.15, 0.2) is 5.82 Å². The van der Waals surface area contributed by atoms with Gasteiger partial charge in [-0.2, -0.15) is 5.10 Å². The average molecular weight is 284 g/mol. The third-order valence-corrected chi connectivity index (χ3v) is 5.51. The molecule has 1 aliphatic heterocycles. The highest BCUT2D eigenvalue weighted by Gasteiger charge is 2.55. The van der Waals surface area contributed by atoms with Gasteiger partial charge in [-0.25, -0.2) is 0 Å². The monoisotopic (exact) mass is 284 g/mol. The Morgan fingerprint density at radius 2 is 2.00 bits per heavy atom. The summed E-state index contributed by atoms with van der Waals surface area (Å²) in [6.45, 7) is 1.96. The van der Waals surface area contributed by atoms with Gasteiger partial charge in [0.2, 0.25) is 0 Å². The second-order valence-corrected chi connectivity index (χ2v) is 6.69. The van der Waals surface area contributed by atoms with Crippen LogP contribution in [-0.4, -0.2) is 31.1 Å². The van der Waals surface area contributed by atoms with Crippen LogP contribution in [0.4, 0.5) is 0 Å². The van der Waals surface area contributed by atoms with Crippen molar-refractivity contribution in [2.75, 3.05) is 6.54 Å². The van der Waals surface area contributed by atoms with Crippen molar-refractivity contribution in [2.45, 2.75) is 37.8 Å². The van der Waals surface area contributed by atoms with Gasteiger partial charge in [-0.3, -0.25) is 4.68 Å². The number of hydrogen-bond acceptors (Lipinski definition) is 4. The number of nitrogens with one attached hydrogen (secondary N) is 1. The van der Waals surface area contributed by atoms with Crippen LogP contribution < -0.4 is 5.32 Å². The minimum absolute atomic E-state index is 0.132. The van der Waals surface area contributed by atoms with Crippen molar-refractivity contribution in [2.24, 2.45) is 18.9 Å². The molecule has 6 heteroatoms. The molecule has 3 aliphatic rings. The van der Waals surface area contributed by atoms with Crippen LogP contribution in [0.2, 0.25) is 0 Å². The molecule has 6 nitrogen and oxygen atoms in total. The van der Waals surface area contributed by atoms with Crippen molar-refractivity contribution in [1.29, 1.82) is 0 Å². The topological polar surface area (TPSA) is 60.6 Å². The molecule has 2 aromatic heterocycles. The first-order valence-electron chi connectivity index (χ1n) is 7.98. The van der Waals surface area contributed by atoms with Crippen LogP contribution in [0, 0.1) is 11.8 Å². The highest BCUT2D eigenvalue weighted by molar-refractivity contribution is 5.25. The Kier molecular flexibility index (Phi) is 2.36. The number of hydrogen-bond donors (Lipinski definition) is 1. The molecule has 2 aromatic rings. The molecule has 0 saturated heterocycles. The lowest BCUT2D eigenvalue weighted by Gasteiger charge is -2.24. The van der Waals surface area contributed by atoms with Crippen molar-refractivity contribution in [1.82, 2.24) is 29.9 Å². The van der Waals surface area contributed by atoms with Crippen molar-refractivity contribution in [3.8, 4) is 0 Å². The molecule has 5 rings (SSSR count). The first-order valence-corrected chi connectivity index (χ1v) is 7.98. The third-order valence-electron chi connectivity index (χ3n) is 5.51. The first-order chi connectivity index (χ1) is 10.3. The smallest absolute Gasteiger partial charge is 0.154 e. The number of aromatic nitrogens is 5. The average Bonchev–Trinajstić information content (AvgIpc) is 2.98. The van der Waals surface area contributed by atoms with E-state index in [0.29, 0.717) is 5.92 Å². The van der Waals surface area contributed by atoms with Crippen molar-refractivity contribution >= 4 is 0 Å². The van der Waals surface area contributed by atoms with Gasteiger partial charge in [0.1, 0.15) is 5.82 Å². The van der Waals surface area contributed by atoms with E-state index >= 15 is 0 Å². The van der Waals surface area contributed by atoms with Crippen molar-refractivity contribution in [3.05, 3.63) is 29.6 Å². The Labute approximate surface area is 123 Å². The Bertz CT molecular complexity index is 676. The zero-order chi connectivity index (χ0) is 14.0. The summed E-state index contributed by atoms with van der Waals surface area (Å²) in [5.41, 5.74) is 1.17. The Morgan fingerprint density at radius 3 is 2.76 bits per heavy atom. The van der Waals surface area contributed by atoms with Crippen molar-refractivity contribution in [3.63, 3.8) is 0 Å². The van der Waals surface area contributed by atoms with Gasteiger partial charge in [0.05, 0.1) is 12.2 Å². The minimum Gasteiger partial charge on any atom is -0.312 e. The maximum absolute atomic E-state index is 4.57. The summed E-state index contributed by atoms with van der Waals surface area (Å²) in [5, 5.41) is 16.9.